The van der Waals surface area contributed by atoms with Crippen LogP contribution >= 0.6 is 0 Å². The summed E-state index contributed by atoms with van der Waals surface area (Å²) in [7, 11) is 0. The van der Waals surface area contributed by atoms with Gasteiger partial charge in [0.15, 0.2) is 5.82 Å². The maximum absolute atomic E-state index is 12.5. The Morgan fingerprint density at radius 2 is 1.96 bits per heavy atom. The summed E-state index contributed by atoms with van der Waals surface area (Å²) in [5.41, 5.74) is 0. The van der Waals surface area contributed by atoms with Crippen molar-refractivity contribution in [3.63, 3.8) is 0 Å². The lowest BCUT2D eigenvalue weighted by Crippen LogP contribution is -2.48. The van der Waals surface area contributed by atoms with Gasteiger partial charge in [0.25, 0.3) is 0 Å². The number of nitrogens with one attached hydrogen (secondary N) is 1. The van der Waals surface area contributed by atoms with Crippen LogP contribution in [0, 0.1) is 0 Å². The highest BCUT2D eigenvalue weighted by Crippen LogP contribution is 2.30. The Morgan fingerprint density at radius 1 is 1.18 bits per heavy atom. The zero-order valence-corrected chi connectivity index (χ0v) is 17.0. The number of hydrogen-bond donors (Lipinski definition) is 1. The van der Waals surface area contributed by atoms with Crippen LogP contribution in [0.25, 0.3) is 0 Å². The molecule has 0 aliphatic carbocycles. The number of amides is 3. The van der Waals surface area contributed by atoms with Crippen molar-refractivity contribution >= 4 is 11.9 Å². The van der Waals surface area contributed by atoms with Crippen LogP contribution in [0.15, 0.2) is 4.52 Å². The summed E-state index contributed by atoms with van der Waals surface area (Å²) in [4.78, 5) is 35.2. The highest BCUT2D eigenvalue weighted by atomic mass is 16.5. The van der Waals surface area contributed by atoms with Crippen LogP contribution in [0.5, 0.6) is 0 Å². The SMILES string of the molecule is CCCN1CCN(C(=O)CCc2nc(C3CCCN3C(=O)NCC)no2)CC1. The molecule has 9 nitrogen and oxygen atoms in total. The van der Waals surface area contributed by atoms with Crippen LogP contribution in [-0.4, -0.2) is 82.6 Å². The number of urea groups is 1. The van der Waals surface area contributed by atoms with Crippen molar-refractivity contribution in [2.45, 2.75) is 52.0 Å². The fourth-order valence-corrected chi connectivity index (χ4v) is 3.95. The van der Waals surface area contributed by atoms with Crippen LogP contribution in [-0.2, 0) is 11.2 Å². The lowest BCUT2D eigenvalue weighted by Gasteiger charge is -2.34. The number of rotatable bonds is 7. The second kappa shape index (κ2) is 9.86. The second-order valence-electron chi connectivity index (χ2n) is 7.46. The van der Waals surface area contributed by atoms with Crippen molar-refractivity contribution < 1.29 is 14.1 Å². The van der Waals surface area contributed by atoms with Crippen LogP contribution in [0.3, 0.4) is 0 Å². The Kier molecular flexibility index (Phi) is 7.24. The van der Waals surface area contributed by atoms with Crippen molar-refractivity contribution in [1.82, 2.24) is 30.2 Å². The maximum atomic E-state index is 12.5. The predicted molar refractivity (Wildman–Crippen MR) is 104 cm³/mol. The Labute approximate surface area is 166 Å². The lowest BCUT2D eigenvalue weighted by molar-refractivity contribution is -0.133. The molecule has 0 radical (unpaired) electrons. The van der Waals surface area contributed by atoms with E-state index in [9.17, 15) is 9.59 Å². The summed E-state index contributed by atoms with van der Waals surface area (Å²) < 4.78 is 5.35. The topological polar surface area (TPSA) is 94.8 Å². The van der Waals surface area contributed by atoms with Crippen LogP contribution in [0.1, 0.15) is 57.3 Å². The highest BCUT2D eigenvalue weighted by Gasteiger charge is 2.33. The lowest BCUT2D eigenvalue weighted by atomic mass is 10.2. The zero-order chi connectivity index (χ0) is 19.9. The van der Waals surface area contributed by atoms with Crippen molar-refractivity contribution in [3.8, 4) is 0 Å². The van der Waals surface area contributed by atoms with Crippen LogP contribution in [0.4, 0.5) is 4.79 Å². The molecule has 0 aromatic carbocycles. The number of carbonyl (C=O) groups excluding carboxylic acids is 2. The van der Waals surface area contributed by atoms with Gasteiger partial charge in [-0.2, -0.15) is 4.98 Å². The van der Waals surface area contributed by atoms with E-state index in [2.05, 4.69) is 27.3 Å². The van der Waals surface area contributed by atoms with Gasteiger partial charge in [0.05, 0.1) is 6.04 Å². The number of piperazine rings is 1. The van der Waals surface area contributed by atoms with Gasteiger partial charge in [0, 0.05) is 52.1 Å². The molecule has 3 heterocycles. The molecule has 1 aromatic heterocycles. The minimum atomic E-state index is -0.147. The molecule has 28 heavy (non-hydrogen) atoms. The summed E-state index contributed by atoms with van der Waals surface area (Å²) in [5.74, 6) is 1.15. The first-order chi connectivity index (χ1) is 13.6. The van der Waals surface area contributed by atoms with E-state index in [4.69, 9.17) is 4.52 Å². The summed E-state index contributed by atoms with van der Waals surface area (Å²) in [6.45, 7) is 9.93. The van der Waals surface area contributed by atoms with E-state index in [1.54, 1.807) is 4.90 Å². The number of aryl methyl sites for hydroxylation is 1. The van der Waals surface area contributed by atoms with Gasteiger partial charge in [-0.1, -0.05) is 12.1 Å². The normalized spacial score (nSPS) is 20.6. The molecule has 2 saturated heterocycles. The van der Waals surface area contributed by atoms with Gasteiger partial charge in [0.2, 0.25) is 11.8 Å². The van der Waals surface area contributed by atoms with Gasteiger partial charge in [-0.25, -0.2) is 4.79 Å². The molecule has 2 aliphatic rings. The molecule has 2 fully saturated rings. The number of aromatic nitrogens is 2. The van der Waals surface area contributed by atoms with Gasteiger partial charge >= 0.3 is 6.03 Å². The summed E-state index contributed by atoms with van der Waals surface area (Å²) >= 11 is 0. The molecule has 156 valence electrons. The maximum Gasteiger partial charge on any atom is 0.318 e. The minimum absolute atomic E-state index is 0.0891. The van der Waals surface area contributed by atoms with Crippen molar-refractivity contribution in [1.29, 1.82) is 0 Å². The van der Waals surface area contributed by atoms with Gasteiger partial charge in [0.1, 0.15) is 0 Å². The van der Waals surface area contributed by atoms with Crippen molar-refractivity contribution in [3.05, 3.63) is 11.7 Å². The van der Waals surface area contributed by atoms with Gasteiger partial charge < -0.3 is 19.6 Å². The first kappa shape index (κ1) is 20.6. The zero-order valence-electron chi connectivity index (χ0n) is 17.0. The third-order valence-electron chi connectivity index (χ3n) is 5.44. The molecular weight excluding hydrogens is 360 g/mol. The molecule has 1 aromatic rings. The monoisotopic (exact) mass is 392 g/mol. The molecule has 9 heteroatoms. The number of hydrogen-bond acceptors (Lipinski definition) is 6. The minimum Gasteiger partial charge on any atom is -0.340 e. The van der Waals surface area contributed by atoms with E-state index in [1.165, 1.54) is 0 Å². The number of carbonyl (C=O) groups is 2. The summed E-state index contributed by atoms with van der Waals surface area (Å²) in [6, 6.07) is -0.236. The Balaban J connectivity index is 1.48. The third kappa shape index (κ3) is 5.01. The number of nitrogens with zero attached hydrogens (tertiary/aromatic N) is 5. The average Bonchev–Trinajstić information content (AvgIpc) is 3.36. The van der Waals surface area contributed by atoms with Gasteiger partial charge in [-0.15, -0.1) is 0 Å². The van der Waals surface area contributed by atoms with Crippen molar-refractivity contribution in [2.75, 3.05) is 45.8 Å². The van der Waals surface area contributed by atoms with Crippen molar-refractivity contribution in [2.24, 2.45) is 0 Å². The Bertz CT molecular complexity index is 656. The molecule has 3 rings (SSSR count). The van der Waals surface area contributed by atoms with E-state index < -0.39 is 0 Å². The fourth-order valence-electron chi connectivity index (χ4n) is 3.95. The van der Waals surface area contributed by atoms with Gasteiger partial charge in [-0.05, 0) is 32.7 Å². The van der Waals surface area contributed by atoms with Gasteiger partial charge in [-0.3, -0.25) is 9.69 Å². The molecule has 0 spiro atoms. The molecule has 0 saturated carbocycles. The largest absolute Gasteiger partial charge is 0.340 e. The first-order valence-electron chi connectivity index (χ1n) is 10.5. The quantitative estimate of drug-likeness (QED) is 0.754. The molecule has 1 unspecified atom stereocenters. The highest BCUT2D eigenvalue weighted by molar-refractivity contribution is 5.76. The van der Waals surface area contributed by atoms with Crippen LogP contribution in [0.2, 0.25) is 0 Å². The molecule has 3 amide bonds. The second-order valence-corrected chi connectivity index (χ2v) is 7.46. The smallest absolute Gasteiger partial charge is 0.318 e. The predicted octanol–water partition coefficient (Wildman–Crippen LogP) is 1.42. The first-order valence-corrected chi connectivity index (χ1v) is 10.5. The fraction of sp³-hybridized carbons (Fsp3) is 0.789. The Morgan fingerprint density at radius 3 is 2.68 bits per heavy atom. The molecular formula is C19H32N6O3. The van der Waals surface area contributed by atoms with E-state index in [-0.39, 0.29) is 18.0 Å². The van der Waals surface area contributed by atoms with Crippen LogP contribution < -0.4 is 5.32 Å². The molecule has 0 bridgehead atoms. The van der Waals surface area contributed by atoms with E-state index >= 15 is 0 Å². The average molecular weight is 393 g/mol. The molecule has 2 aliphatic heterocycles. The molecule has 1 N–H and O–H groups in total. The number of likely N-dealkylation sites (tertiary alicyclic amines) is 1. The Hall–Kier alpha value is -2.16. The summed E-state index contributed by atoms with van der Waals surface area (Å²) in [5, 5.41) is 6.90. The standard InChI is InChI=1S/C19H32N6O3/c1-3-9-23-11-13-24(14-12-23)17(26)8-7-16-21-18(22-28-16)15-6-5-10-25(15)19(27)20-4-2/h15H,3-14H2,1-2H3,(H,20,27). The van der Waals surface area contributed by atoms with E-state index in [0.29, 0.717) is 37.6 Å². The van der Waals surface area contributed by atoms with E-state index in [0.717, 1.165) is 52.0 Å². The summed E-state index contributed by atoms with van der Waals surface area (Å²) in [6.07, 6.45) is 3.71. The van der Waals surface area contributed by atoms with E-state index in [1.807, 2.05) is 11.8 Å². The third-order valence-corrected chi connectivity index (χ3v) is 5.44. The molecule has 1 atom stereocenters.